The van der Waals surface area contributed by atoms with Crippen LogP contribution in [-0.4, -0.2) is 19.6 Å². The molecule has 0 atom stereocenters. The molecule has 0 aliphatic carbocycles. The third kappa shape index (κ3) is 4.55. The molecule has 0 unspecified atom stereocenters. The lowest BCUT2D eigenvalue weighted by Crippen LogP contribution is -2.25. The first-order chi connectivity index (χ1) is 9.61. The zero-order valence-electron chi connectivity index (χ0n) is 13.2. The lowest BCUT2D eigenvalue weighted by atomic mass is 9.98. The van der Waals surface area contributed by atoms with E-state index in [-0.39, 0.29) is 5.91 Å². The Labute approximate surface area is 122 Å². The normalized spacial score (nSPS) is 10.7. The van der Waals surface area contributed by atoms with Gasteiger partial charge >= 0.3 is 0 Å². The summed E-state index contributed by atoms with van der Waals surface area (Å²) in [5.41, 5.74) is 1.71. The van der Waals surface area contributed by atoms with Crippen molar-refractivity contribution in [1.82, 2.24) is 5.32 Å². The molecule has 0 heterocycles. The van der Waals surface area contributed by atoms with Crippen molar-refractivity contribution in [2.45, 2.75) is 52.4 Å². The zero-order chi connectivity index (χ0) is 15.0. The number of ether oxygens (including phenoxy) is 1. The van der Waals surface area contributed by atoms with Crippen molar-refractivity contribution < 1.29 is 9.53 Å². The minimum absolute atomic E-state index is 0.0409. The van der Waals surface area contributed by atoms with E-state index in [9.17, 15) is 4.79 Å². The van der Waals surface area contributed by atoms with E-state index >= 15 is 0 Å². The second-order valence-electron chi connectivity index (χ2n) is 5.40. The van der Waals surface area contributed by atoms with Gasteiger partial charge in [0.15, 0.2) is 0 Å². The van der Waals surface area contributed by atoms with Gasteiger partial charge in [-0.3, -0.25) is 4.79 Å². The van der Waals surface area contributed by atoms with E-state index < -0.39 is 0 Å². The third-order valence-corrected chi connectivity index (χ3v) is 3.43. The molecular weight excluding hydrogens is 250 g/mol. The van der Waals surface area contributed by atoms with E-state index in [1.165, 1.54) is 19.3 Å². The minimum Gasteiger partial charge on any atom is -0.496 e. The lowest BCUT2D eigenvalue weighted by molar-refractivity contribution is 0.0949. The Kier molecular flexibility index (Phi) is 7.13. The van der Waals surface area contributed by atoms with Crippen LogP contribution < -0.4 is 10.1 Å². The van der Waals surface area contributed by atoms with Crippen LogP contribution >= 0.6 is 0 Å². The lowest BCUT2D eigenvalue weighted by Gasteiger charge is -2.15. The molecule has 3 nitrogen and oxygen atoms in total. The molecule has 1 aromatic carbocycles. The van der Waals surface area contributed by atoms with Crippen molar-refractivity contribution in [3.05, 3.63) is 29.3 Å². The monoisotopic (exact) mass is 277 g/mol. The fourth-order valence-corrected chi connectivity index (χ4v) is 2.27. The fraction of sp³-hybridized carbons (Fsp3) is 0.588. The first kappa shape index (κ1) is 16.5. The Morgan fingerprint density at radius 2 is 2.00 bits per heavy atom. The predicted molar refractivity (Wildman–Crippen MR) is 83.6 cm³/mol. The van der Waals surface area contributed by atoms with Crippen molar-refractivity contribution in [3.8, 4) is 5.75 Å². The summed E-state index contributed by atoms with van der Waals surface area (Å²) >= 11 is 0. The maximum absolute atomic E-state index is 12.2. The van der Waals surface area contributed by atoms with Crippen LogP contribution in [0, 0.1) is 0 Å². The quantitative estimate of drug-likeness (QED) is 0.726. The Morgan fingerprint density at radius 3 is 2.60 bits per heavy atom. The number of methoxy groups -OCH3 is 1. The number of rotatable bonds is 8. The van der Waals surface area contributed by atoms with Gasteiger partial charge in [-0.05, 0) is 24.0 Å². The Morgan fingerprint density at radius 1 is 1.25 bits per heavy atom. The molecule has 0 saturated carbocycles. The van der Waals surface area contributed by atoms with Crippen LogP contribution in [0.2, 0.25) is 0 Å². The van der Waals surface area contributed by atoms with Crippen molar-refractivity contribution in [3.63, 3.8) is 0 Å². The Hall–Kier alpha value is -1.51. The van der Waals surface area contributed by atoms with Gasteiger partial charge in [-0.25, -0.2) is 0 Å². The summed E-state index contributed by atoms with van der Waals surface area (Å²) in [4.78, 5) is 12.2. The van der Waals surface area contributed by atoms with Crippen LogP contribution in [0.4, 0.5) is 0 Å². The summed E-state index contributed by atoms with van der Waals surface area (Å²) in [7, 11) is 1.62. The van der Waals surface area contributed by atoms with Crippen LogP contribution in [0.3, 0.4) is 0 Å². The predicted octanol–water partition coefficient (Wildman–Crippen LogP) is 4.13. The SMILES string of the molecule is CCCCCCNC(=O)c1cccc(C(C)C)c1OC. The summed E-state index contributed by atoms with van der Waals surface area (Å²) in [5, 5.41) is 2.98. The molecule has 0 spiro atoms. The summed E-state index contributed by atoms with van der Waals surface area (Å²) in [6.45, 7) is 7.11. The smallest absolute Gasteiger partial charge is 0.255 e. The molecule has 3 heteroatoms. The molecule has 1 N–H and O–H groups in total. The van der Waals surface area contributed by atoms with Gasteiger partial charge in [0, 0.05) is 6.54 Å². The van der Waals surface area contributed by atoms with Gasteiger partial charge in [-0.1, -0.05) is 52.2 Å². The number of benzene rings is 1. The van der Waals surface area contributed by atoms with Gasteiger partial charge in [-0.15, -0.1) is 0 Å². The van der Waals surface area contributed by atoms with Crippen LogP contribution in [-0.2, 0) is 0 Å². The van der Waals surface area contributed by atoms with Gasteiger partial charge in [0.25, 0.3) is 5.91 Å². The van der Waals surface area contributed by atoms with Crippen LogP contribution in [0.5, 0.6) is 5.75 Å². The summed E-state index contributed by atoms with van der Waals surface area (Å²) in [6.07, 6.45) is 4.63. The van der Waals surface area contributed by atoms with Gasteiger partial charge in [0.05, 0.1) is 12.7 Å². The highest BCUT2D eigenvalue weighted by Crippen LogP contribution is 2.29. The van der Waals surface area contributed by atoms with Gasteiger partial charge in [0.1, 0.15) is 5.75 Å². The second-order valence-corrected chi connectivity index (χ2v) is 5.40. The van der Waals surface area contributed by atoms with Gasteiger partial charge in [-0.2, -0.15) is 0 Å². The summed E-state index contributed by atoms with van der Waals surface area (Å²) < 4.78 is 5.44. The summed E-state index contributed by atoms with van der Waals surface area (Å²) in [6, 6.07) is 5.76. The maximum Gasteiger partial charge on any atom is 0.255 e. The van der Waals surface area contributed by atoms with Crippen LogP contribution in [0.25, 0.3) is 0 Å². The number of carbonyl (C=O) groups is 1. The highest BCUT2D eigenvalue weighted by Gasteiger charge is 2.16. The largest absolute Gasteiger partial charge is 0.496 e. The maximum atomic E-state index is 12.2. The number of unbranched alkanes of at least 4 members (excludes halogenated alkanes) is 3. The van der Waals surface area contributed by atoms with E-state index in [0.29, 0.717) is 17.2 Å². The van der Waals surface area contributed by atoms with E-state index in [4.69, 9.17) is 4.74 Å². The number of amides is 1. The molecular formula is C17H27NO2. The fourth-order valence-electron chi connectivity index (χ4n) is 2.27. The number of para-hydroxylation sites is 1. The van der Waals surface area contributed by atoms with Crippen molar-refractivity contribution >= 4 is 5.91 Å². The van der Waals surface area contributed by atoms with Crippen LogP contribution in [0.1, 0.15) is 68.3 Å². The number of nitrogens with one attached hydrogen (secondary N) is 1. The zero-order valence-corrected chi connectivity index (χ0v) is 13.2. The number of hydrogen-bond acceptors (Lipinski definition) is 2. The van der Waals surface area contributed by atoms with Crippen molar-refractivity contribution in [2.75, 3.05) is 13.7 Å². The molecule has 112 valence electrons. The first-order valence-electron chi connectivity index (χ1n) is 7.56. The minimum atomic E-state index is -0.0409. The number of hydrogen-bond donors (Lipinski definition) is 1. The van der Waals surface area contributed by atoms with Crippen LogP contribution in [0.15, 0.2) is 18.2 Å². The highest BCUT2D eigenvalue weighted by atomic mass is 16.5. The Bertz CT molecular complexity index is 427. The molecule has 1 amide bonds. The van der Waals surface area contributed by atoms with Crippen molar-refractivity contribution in [2.24, 2.45) is 0 Å². The molecule has 1 rings (SSSR count). The van der Waals surface area contributed by atoms with E-state index in [1.807, 2.05) is 18.2 Å². The van der Waals surface area contributed by atoms with Gasteiger partial charge in [0.2, 0.25) is 0 Å². The highest BCUT2D eigenvalue weighted by molar-refractivity contribution is 5.97. The molecule has 0 aliphatic rings. The van der Waals surface area contributed by atoms with E-state index in [1.54, 1.807) is 7.11 Å². The number of carbonyl (C=O) groups excluding carboxylic acids is 1. The third-order valence-electron chi connectivity index (χ3n) is 3.43. The molecule has 1 aromatic rings. The first-order valence-corrected chi connectivity index (χ1v) is 7.56. The molecule has 0 bridgehead atoms. The average Bonchev–Trinajstić information content (AvgIpc) is 2.45. The molecule has 0 aliphatic heterocycles. The topological polar surface area (TPSA) is 38.3 Å². The van der Waals surface area contributed by atoms with Gasteiger partial charge < -0.3 is 10.1 Å². The molecule has 0 fully saturated rings. The summed E-state index contributed by atoms with van der Waals surface area (Å²) in [5.74, 6) is 0.997. The standard InChI is InChI=1S/C17H27NO2/c1-5-6-7-8-12-18-17(19)15-11-9-10-14(13(2)3)16(15)20-4/h9-11,13H,5-8,12H2,1-4H3,(H,18,19). The average molecular weight is 277 g/mol. The van der Waals surface area contributed by atoms with Crippen molar-refractivity contribution in [1.29, 1.82) is 0 Å². The van der Waals surface area contributed by atoms with E-state index in [2.05, 4.69) is 26.1 Å². The molecule has 0 aromatic heterocycles. The Balaban J connectivity index is 2.70. The molecule has 20 heavy (non-hydrogen) atoms. The van der Waals surface area contributed by atoms with E-state index in [0.717, 1.165) is 18.5 Å². The molecule has 0 radical (unpaired) electrons. The second kappa shape index (κ2) is 8.62. The molecule has 0 saturated heterocycles.